The minimum absolute atomic E-state index is 0. The minimum Gasteiger partial charge on any atom is -0.342 e. The quantitative estimate of drug-likeness (QED) is 0.916. The van der Waals surface area contributed by atoms with Crippen molar-refractivity contribution >= 4 is 30.7 Å². The Bertz CT molecular complexity index is 408. The molecule has 0 aromatic carbocycles. The number of carbonyl (C=O) groups excluding carboxylic acids is 1. The second kappa shape index (κ2) is 7.72. The Labute approximate surface area is 126 Å². The molecule has 7 heteroatoms. The van der Waals surface area contributed by atoms with Gasteiger partial charge in [0, 0.05) is 44.7 Å². The maximum absolute atomic E-state index is 11.9. The van der Waals surface area contributed by atoms with Crippen molar-refractivity contribution in [1.29, 1.82) is 0 Å². The molecule has 1 aromatic heterocycles. The lowest BCUT2D eigenvalue weighted by molar-refractivity contribution is -0.130. The predicted octanol–water partition coefficient (Wildman–Crippen LogP) is 1.32. The molecule has 0 bridgehead atoms. The normalized spacial score (nSPS) is 19.5. The van der Waals surface area contributed by atoms with Crippen molar-refractivity contribution < 1.29 is 4.79 Å². The van der Waals surface area contributed by atoms with Crippen LogP contribution in [0.5, 0.6) is 0 Å². The lowest BCUT2D eigenvalue weighted by atomic mass is 10.0. The van der Waals surface area contributed by atoms with Crippen LogP contribution in [0.4, 0.5) is 0 Å². The first-order valence-electron chi connectivity index (χ1n) is 6.08. The Balaban J connectivity index is 0.00000162. The van der Waals surface area contributed by atoms with Crippen molar-refractivity contribution in [3.05, 3.63) is 18.0 Å². The number of rotatable bonds is 3. The molecule has 0 saturated carbocycles. The number of nitrogens with two attached hydrogens (primary N) is 1. The molecule has 2 heterocycles. The van der Waals surface area contributed by atoms with Gasteiger partial charge in [-0.3, -0.25) is 9.48 Å². The van der Waals surface area contributed by atoms with Gasteiger partial charge in [-0.2, -0.15) is 5.10 Å². The van der Waals surface area contributed by atoms with Crippen LogP contribution in [-0.2, 0) is 11.8 Å². The van der Waals surface area contributed by atoms with Gasteiger partial charge in [-0.25, -0.2) is 0 Å². The number of hydrogen-bond donors (Lipinski definition) is 1. The van der Waals surface area contributed by atoms with Gasteiger partial charge in [-0.1, -0.05) is 0 Å². The van der Waals surface area contributed by atoms with Crippen LogP contribution in [0.3, 0.4) is 0 Å². The molecule has 110 valence electrons. The third kappa shape index (κ3) is 4.67. The molecule has 0 radical (unpaired) electrons. The maximum Gasteiger partial charge on any atom is 0.224 e. The summed E-state index contributed by atoms with van der Waals surface area (Å²) in [4.78, 5) is 13.8. The number of halogens is 2. The lowest BCUT2D eigenvalue weighted by Crippen LogP contribution is -2.33. The van der Waals surface area contributed by atoms with Crippen LogP contribution < -0.4 is 5.73 Å². The zero-order valence-electron chi connectivity index (χ0n) is 11.3. The van der Waals surface area contributed by atoms with Crippen LogP contribution in [0.2, 0.25) is 0 Å². The van der Waals surface area contributed by atoms with E-state index in [4.69, 9.17) is 5.73 Å². The van der Waals surface area contributed by atoms with Crippen molar-refractivity contribution in [2.75, 3.05) is 13.1 Å². The monoisotopic (exact) mass is 308 g/mol. The second-order valence-corrected chi connectivity index (χ2v) is 4.95. The second-order valence-electron chi connectivity index (χ2n) is 4.95. The van der Waals surface area contributed by atoms with E-state index in [1.807, 2.05) is 35.9 Å². The highest BCUT2D eigenvalue weighted by molar-refractivity contribution is 5.85. The molecule has 1 aromatic rings. The SMILES string of the molecule is CC(N)CC(=O)N1CCC(c2cnn(C)c2)C1.Cl.Cl. The first kappa shape index (κ1) is 18.2. The molecule has 19 heavy (non-hydrogen) atoms. The average Bonchev–Trinajstić information content (AvgIpc) is 2.84. The molecule has 2 rings (SSSR count). The molecule has 1 amide bonds. The smallest absolute Gasteiger partial charge is 0.224 e. The zero-order valence-corrected chi connectivity index (χ0v) is 12.9. The Hall–Kier alpha value is -0.780. The highest BCUT2D eigenvalue weighted by atomic mass is 35.5. The minimum atomic E-state index is -0.0556. The summed E-state index contributed by atoms with van der Waals surface area (Å²) in [6, 6.07) is -0.0556. The standard InChI is InChI=1S/C12H20N4O.2ClH/c1-9(13)5-12(17)16-4-3-10(8-16)11-6-14-15(2)7-11;;/h6-7,9-10H,3-5,8,13H2,1-2H3;2*1H. The number of likely N-dealkylation sites (tertiary alicyclic amines) is 1. The topological polar surface area (TPSA) is 64.2 Å². The Morgan fingerprint density at radius 3 is 2.79 bits per heavy atom. The van der Waals surface area contributed by atoms with Crippen LogP contribution >= 0.6 is 24.8 Å². The summed E-state index contributed by atoms with van der Waals surface area (Å²) in [5, 5.41) is 4.17. The van der Waals surface area contributed by atoms with Crippen molar-refractivity contribution in [2.24, 2.45) is 12.8 Å². The zero-order chi connectivity index (χ0) is 12.4. The first-order chi connectivity index (χ1) is 8.06. The van der Waals surface area contributed by atoms with Crippen LogP contribution in [-0.4, -0.2) is 39.7 Å². The van der Waals surface area contributed by atoms with Gasteiger partial charge in [-0.05, 0) is 18.9 Å². The van der Waals surface area contributed by atoms with Crippen molar-refractivity contribution in [3.8, 4) is 0 Å². The summed E-state index contributed by atoms with van der Waals surface area (Å²) in [6.07, 6.45) is 5.39. The molecule has 1 fully saturated rings. The van der Waals surface area contributed by atoms with Crippen LogP contribution in [0.15, 0.2) is 12.4 Å². The number of aryl methyl sites for hydroxylation is 1. The van der Waals surface area contributed by atoms with Crippen LogP contribution in [0, 0.1) is 0 Å². The van der Waals surface area contributed by atoms with E-state index in [1.165, 1.54) is 5.56 Å². The molecule has 0 aliphatic carbocycles. The van der Waals surface area contributed by atoms with E-state index in [0.29, 0.717) is 12.3 Å². The lowest BCUT2D eigenvalue weighted by Gasteiger charge is -2.17. The average molecular weight is 309 g/mol. The van der Waals surface area contributed by atoms with Crippen molar-refractivity contribution in [1.82, 2.24) is 14.7 Å². The molecule has 2 N–H and O–H groups in total. The Kier molecular flexibility index (Phi) is 7.41. The van der Waals surface area contributed by atoms with Gasteiger partial charge in [0.2, 0.25) is 5.91 Å². The molecule has 2 unspecified atom stereocenters. The largest absolute Gasteiger partial charge is 0.342 e. The van der Waals surface area contributed by atoms with Gasteiger partial charge in [-0.15, -0.1) is 24.8 Å². The van der Waals surface area contributed by atoms with Gasteiger partial charge in [0.25, 0.3) is 0 Å². The Morgan fingerprint density at radius 2 is 2.26 bits per heavy atom. The van der Waals surface area contributed by atoms with Crippen molar-refractivity contribution in [2.45, 2.75) is 31.7 Å². The summed E-state index contributed by atoms with van der Waals surface area (Å²) in [6.45, 7) is 3.51. The van der Waals surface area contributed by atoms with E-state index in [-0.39, 0.29) is 36.8 Å². The number of hydrogen-bond acceptors (Lipinski definition) is 3. The molecule has 2 atom stereocenters. The summed E-state index contributed by atoms with van der Waals surface area (Å²) in [5.41, 5.74) is 6.87. The van der Waals surface area contributed by atoms with E-state index in [9.17, 15) is 4.79 Å². The molecular formula is C12H22Cl2N4O. The molecule has 1 aliphatic rings. The fourth-order valence-electron chi connectivity index (χ4n) is 2.31. The highest BCUT2D eigenvalue weighted by Gasteiger charge is 2.28. The van der Waals surface area contributed by atoms with Gasteiger partial charge in [0.05, 0.1) is 6.20 Å². The summed E-state index contributed by atoms with van der Waals surface area (Å²) in [5.74, 6) is 0.604. The van der Waals surface area contributed by atoms with E-state index in [1.54, 1.807) is 0 Å². The van der Waals surface area contributed by atoms with Gasteiger partial charge >= 0.3 is 0 Å². The molecule has 5 nitrogen and oxygen atoms in total. The third-order valence-corrected chi connectivity index (χ3v) is 3.23. The molecule has 1 saturated heterocycles. The number of nitrogens with zero attached hydrogens (tertiary/aromatic N) is 3. The van der Waals surface area contributed by atoms with E-state index < -0.39 is 0 Å². The molecule has 1 aliphatic heterocycles. The van der Waals surface area contributed by atoms with Crippen LogP contribution in [0.1, 0.15) is 31.2 Å². The highest BCUT2D eigenvalue weighted by Crippen LogP contribution is 2.27. The predicted molar refractivity (Wildman–Crippen MR) is 79.9 cm³/mol. The number of aromatic nitrogens is 2. The Morgan fingerprint density at radius 1 is 1.58 bits per heavy atom. The van der Waals surface area contributed by atoms with Gasteiger partial charge < -0.3 is 10.6 Å². The van der Waals surface area contributed by atoms with Gasteiger partial charge in [0.15, 0.2) is 0 Å². The molecule has 0 spiro atoms. The summed E-state index contributed by atoms with van der Waals surface area (Å²) < 4.78 is 1.81. The number of amides is 1. The fourth-order valence-corrected chi connectivity index (χ4v) is 2.31. The van der Waals surface area contributed by atoms with E-state index in [2.05, 4.69) is 5.10 Å². The van der Waals surface area contributed by atoms with E-state index >= 15 is 0 Å². The summed E-state index contributed by atoms with van der Waals surface area (Å²) >= 11 is 0. The van der Waals surface area contributed by atoms with Crippen molar-refractivity contribution in [3.63, 3.8) is 0 Å². The van der Waals surface area contributed by atoms with Gasteiger partial charge in [0.1, 0.15) is 0 Å². The first-order valence-corrected chi connectivity index (χ1v) is 6.08. The third-order valence-electron chi connectivity index (χ3n) is 3.23. The fraction of sp³-hybridized carbons (Fsp3) is 0.667. The summed E-state index contributed by atoms with van der Waals surface area (Å²) in [7, 11) is 1.91. The van der Waals surface area contributed by atoms with Crippen LogP contribution in [0.25, 0.3) is 0 Å². The number of carbonyl (C=O) groups is 1. The maximum atomic E-state index is 11.9. The van der Waals surface area contributed by atoms with E-state index in [0.717, 1.165) is 19.5 Å². The molecular weight excluding hydrogens is 287 g/mol.